The van der Waals surface area contributed by atoms with E-state index in [0.717, 1.165) is 19.2 Å². The van der Waals surface area contributed by atoms with E-state index in [1.54, 1.807) is 0 Å². The first-order valence-corrected chi connectivity index (χ1v) is 5.34. The van der Waals surface area contributed by atoms with Crippen LogP contribution in [0.1, 0.15) is 10.4 Å². The summed E-state index contributed by atoms with van der Waals surface area (Å²) in [6.45, 7) is 0. The minimum atomic E-state index is -1.69. The SMILES string of the molecule is COC(=O)C(C#N)C(=O)c1cc(F)c(Cl)cc1Cl. The van der Waals surface area contributed by atoms with Gasteiger partial charge in [-0.1, -0.05) is 23.2 Å². The van der Waals surface area contributed by atoms with Gasteiger partial charge in [0.2, 0.25) is 5.92 Å². The molecule has 0 radical (unpaired) electrons. The maximum absolute atomic E-state index is 13.2. The van der Waals surface area contributed by atoms with E-state index in [9.17, 15) is 14.0 Å². The summed E-state index contributed by atoms with van der Waals surface area (Å²) < 4.78 is 17.5. The molecule has 0 aliphatic heterocycles. The van der Waals surface area contributed by atoms with Gasteiger partial charge in [0.1, 0.15) is 5.82 Å². The zero-order valence-corrected chi connectivity index (χ0v) is 10.5. The summed E-state index contributed by atoms with van der Waals surface area (Å²) in [6.07, 6.45) is 0. The van der Waals surface area contributed by atoms with Gasteiger partial charge in [0, 0.05) is 5.56 Å². The smallest absolute Gasteiger partial charge is 0.331 e. The van der Waals surface area contributed by atoms with Crippen molar-refractivity contribution in [3.8, 4) is 6.07 Å². The molecular weight excluding hydrogens is 284 g/mol. The van der Waals surface area contributed by atoms with Crippen molar-refractivity contribution in [1.82, 2.24) is 0 Å². The van der Waals surface area contributed by atoms with Crippen molar-refractivity contribution < 1.29 is 18.7 Å². The molecule has 1 aromatic carbocycles. The lowest BCUT2D eigenvalue weighted by Gasteiger charge is -2.08. The van der Waals surface area contributed by atoms with Gasteiger partial charge in [-0.25, -0.2) is 4.39 Å². The monoisotopic (exact) mass is 289 g/mol. The molecule has 1 unspecified atom stereocenters. The lowest BCUT2D eigenvalue weighted by molar-refractivity contribution is -0.141. The third-order valence-electron chi connectivity index (χ3n) is 2.10. The lowest BCUT2D eigenvalue weighted by atomic mass is 9.99. The van der Waals surface area contributed by atoms with Gasteiger partial charge in [-0.2, -0.15) is 5.26 Å². The minimum absolute atomic E-state index is 0.143. The molecule has 7 heteroatoms. The standard InChI is InChI=1S/C11H6Cl2FNO3/c1-18-11(17)6(4-15)10(16)5-2-9(14)8(13)3-7(5)12/h2-3,6H,1H3. The molecule has 0 saturated carbocycles. The van der Waals surface area contributed by atoms with E-state index in [1.165, 1.54) is 6.07 Å². The normalized spacial score (nSPS) is 11.5. The Labute approximate surface area is 112 Å². The van der Waals surface area contributed by atoms with Crippen molar-refractivity contribution in [3.05, 3.63) is 33.6 Å². The maximum Gasteiger partial charge on any atom is 0.331 e. The number of esters is 1. The van der Waals surface area contributed by atoms with E-state index in [0.29, 0.717) is 0 Å². The first-order chi connectivity index (χ1) is 8.42. The average molecular weight is 290 g/mol. The Bertz CT molecular complexity index is 554. The predicted octanol–water partition coefficient (Wildman–Crippen LogP) is 2.63. The Balaban J connectivity index is 3.23. The number of rotatable bonds is 3. The number of carbonyl (C=O) groups is 2. The largest absolute Gasteiger partial charge is 0.468 e. The number of methoxy groups -OCH3 is 1. The molecule has 0 bridgehead atoms. The molecule has 0 heterocycles. The fraction of sp³-hybridized carbons (Fsp3) is 0.182. The Morgan fingerprint density at radius 1 is 1.39 bits per heavy atom. The summed E-state index contributed by atoms with van der Waals surface area (Å²) in [4.78, 5) is 23.0. The molecule has 0 aliphatic rings. The number of Topliss-reactive ketones (excluding diaryl/α,β-unsaturated/α-hetero) is 1. The summed E-state index contributed by atoms with van der Waals surface area (Å²) >= 11 is 11.2. The zero-order valence-electron chi connectivity index (χ0n) is 9.04. The minimum Gasteiger partial charge on any atom is -0.468 e. The summed E-state index contributed by atoms with van der Waals surface area (Å²) in [5.74, 6) is -4.53. The van der Waals surface area contributed by atoms with Crippen LogP contribution >= 0.6 is 23.2 Å². The maximum atomic E-state index is 13.2. The van der Waals surface area contributed by atoms with Gasteiger partial charge in [0.05, 0.1) is 23.2 Å². The van der Waals surface area contributed by atoms with Crippen LogP contribution in [0, 0.1) is 23.1 Å². The predicted molar refractivity (Wildman–Crippen MR) is 61.9 cm³/mol. The summed E-state index contributed by atoms with van der Waals surface area (Å²) in [5.41, 5.74) is -0.296. The van der Waals surface area contributed by atoms with Crippen molar-refractivity contribution in [2.45, 2.75) is 0 Å². The van der Waals surface area contributed by atoms with Gasteiger partial charge < -0.3 is 4.74 Å². The summed E-state index contributed by atoms with van der Waals surface area (Å²) in [7, 11) is 1.03. The Kier molecular flexibility index (Phi) is 4.65. The highest BCUT2D eigenvalue weighted by atomic mass is 35.5. The van der Waals surface area contributed by atoms with Crippen molar-refractivity contribution in [2.24, 2.45) is 5.92 Å². The number of benzene rings is 1. The molecule has 0 spiro atoms. The molecule has 1 aromatic rings. The van der Waals surface area contributed by atoms with Crippen molar-refractivity contribution in [2.75, 3.05) is 7.11 Å². The van der Waals surface area contributed by atoms with Crippen LogP contribution in [-0.4, -0.2) is 18.9 Å². The van der Waals surface area contributed by atoms with Crippen LogP contribution in [0.15, 0.2) is 12.1 Å². The molecule has 0 N–H and O–H groups in total. The second kappa shape index (κ2) is 5.80. The fourth-order valence-corrected chi connectivity index (χ4v) is 1.68. The second-order valence-electron chi connectivity index (χ2n) is 3.20. The average Bonchev–Trinajstić information content (AvgIpc) is 2.34. The van der Waals surface area contributed by atoms with Crippen LogP contribution in [0.4, 0.5) is 4.39 Å². The molecule has 1 rings (SSSR count). The van der Waals surface area contributed by atoms with Gasteiger partial charge in [-0.3, -0.25) is 9.59 Å². The van der Waals surface area contributed by atoms with E-state index in [2.05, 4.69) is 4.74 Å². The Morgan fingerprint density at radius 2 is 2.00 bits per heavy atom. The van der Waals surface area contributed by atoms with E-state index >= 15 is 0 Å². The highest BCUT2D eigenvalue weighted by molar-refractivity contribution is 6.37. The summed E-state index contributed by atoms with van der Waals surface area (Å²) in [5, 5.41) is 8.34. The Morgan fingerprint density at radius 3 is 2.50 bits per heavy atom. The summed E-state index contributed by atoms with van der Waals surface area (Å²) in [6, 6.07) is 3.28. The number of nitrogens with zero attached hydrogens (tertiary/aromatic N) is 1. The third-order valence-corrected chi connectivity index (χ3v) is 2.71. The highest BCUT2D eigenvalue weighted by Crippen LogP contribution is 2.26. The highest BCUT2D eigenvalue weighted by Gasteiger charge is 2.30. The molecule has 0 amide bonds. The number of hydrogen-bond acceptors (Lipinski definition) is 4. The number of halogens is 3. The molecule has 94 valence electrons. The van der Waals surface area contributed by atoms with Crippen molar-refractivity contribution in [3.63, 3.8) is 0 Å². The van der Waals surface area contributed by atoms with Gasteiger partial charge >= 0.3 is 5.97 Å². The number of ketones is 1. The number of ether oxygens (including phenoxy) is 1. The van der Waals surface area contributed by atoms with E-state index < -0.39 is 23.5 Å². The lowest BCUT2D eigenvalue weighted by Crippen LogP contribution is -2.24. The number of carbonyl (C=O) groups excluding carboxylic acids is 2. The fourth-order valence-electron chi connectivity index (χ4n) is 1.20. The first-order valence-electron chi connectivity index (χ1n) is 4.58. The molecule has 0 fully saturated rings. The van der Waals surface area contributed by atoms with Gasteiger partial charge in [0.25, 0.3) is 0 Å². The van der Waals surface area contributed by atoms with Crippen LogP contribution in [0.25, 0.3) is 0 Å². The van der Waals surface area contributed by atoms with Crippen molar-refractivity contribution in [1.29, 1.82) is 5.26 Å². The molecule has 0 saturated heterocycles. The van der Waals surface area contributed by atoms with Crippen LogP contribution in [0.3, 0.4) is 0 Å². The first kappa shape index (κ1) is 14.4. The molecule has 4 nitrogen and oxygen atoms in total. The van der Waals surface area contributed by atoms with E-state index in [1.807, 2.05) is 0 Å². The molecular formula is C11H6Cl2FNO3. The van der Waals surface area contributed by atoms with Crippen molar-refractivity contribution >= 4 is 35.0 Å². The van der Waals surface area contributed by atoms with Gasteiger partial charge in [-0.05, 0) is 12.1 Å². The topological polar surface area (TPSA) is 67.2 Å². The second-order valence-corrected chi connectivity index (χ2v) is 4.01. The van der Waals surface area contributed by atoms with E-state index in [-0.39, 0.29) is 15.6 Å². The number of hydrogen-bond donors (Lipinski definition) is 0. The number of nitriles is 1. The van der Waals surface area contributed by atoms with Gasteiger partial charge in [-0.15, -0.1) is 0 Å². The Hall–Kier alpha value is -1.64. The van der Waals surface area contributed by atoms with Crippen LogP contribution in [-0.2, 0) is 9.53 Å². The molecule has 18 heavy (non-hydrogen) atoms. The molecule has 0 aromatic heterocycles. The van der Waals surface area contributed by atoms with Crippen LogP contribution in [0.5, 0.6) is 0 Å². The van der Waals surface area contributed by atoms with Crippen LogP contribution in [0.2, 0.25) is 10.0 Å². The quantitative estimate of drug-likeness (QED) is 0.371. The van der Waals surface area contributed by atoms with E-state index in [4.69, 9.17) is 28.5 Å². The zero-order chi connectivity index (χ0) is 13.9. The molecule has 1 atom stereocenters. The molecule has 0 aliphatic carbocycles. The van der Waals surface area contributed by atoms with Crippen LogP contribution < -0.4 is 0 Å². The van der Waals surface area contributed by atoms with Gasteiger partial charge in [0.15, 0.2) is 5.78 Å². The third kappa shape index (κ3) is 2.78.